The van der Waals surface area contributed by atoms with Crippen LogP contribution in [0.25, 0.3) is 0 Å². The normalized spacial score (nSPS) is 13.5. The number of nitrogens with one attached hydrogen (secondary N) is 1. The molecule has 0 unspecified atom stereocenters. The van der Waals surface area contributed by atoms with Crippen molar-refractivity contribution in [3.8, 4) is 0 Å². The molecule has 1 aromatic heterocycles. The second-order valence-corrected chi connectivity index (χ2v) is 4.71. The van der Waals surface area contributed by atoms with E-state index in [2.05, 4.69) is 10.3 Å². The number of methoxy groups -OCH3 is 1. The van der Waals surface area contributed by atoms with Gasteiger partial charge in [0.2, 0.25) is 0 Å². The van der Waals surface area contributed by atoms with Crippen molar-refractivity contribution in [3.05, 3.63) is 65.7 Å². The number of halogens is 1. The number of nitrogens with zero attached hydrogens (tertiary/aromatic N) is 1. The van der Waals surface area contributed by atoms with E-state index >= 15 is 0 Å². The van der Waals surface area contributed by atoms with E-state index in [1.54, 1.807) is 43.8 Å². The summed E-state index contributed by atoms with van der Waals surface area (Å²) in [7, 11) is 1.56. The van der Waals surface area contributed by atoms with Crippen molar-refractivity contribution in [2.24, 2.45) is 0 Å². The molecule has 1 aromatic carbocycles. The summed E-state index contributed by atoms with van der Waals surface area (Å²) >= 11 is 0. The molecule has 4 nitrogen and oxygen atoms in total. The van der Waals surface area contributed by atoms with Gasteiger partial charge < -0.3 is 10.1 Å². The lowest BCUT2D eigenvalue weighted by Gasteiger charge is -2.24. The Morgan fingerprint density at radius 3 is 2.38 bits per heavy atom. The number of benzene rings is 1. The fourth-order valence-electron chi connectivity index (χ4n) is 2.15. The molecule has 1 amide bonds. The number of carbonyl (C=O) groups is 1. The Kier molecular flexibility index (Phi) is 5.00. The molecule has 2 aromatic rings. The monoisotopic (exact) mass is 288 g/mol. The highest BCUT2D eigenvalue weighted by atomic mass is 19.1. The zero-order valence-corrected chi connectivity index (χ0v) is 11.9. The molecule has 0 aliphatic heterocycles. The van der Waals surface area contributed by atoms with E-state index in [1.165, 1.54) is 12.1 Å². The van der Waals surface area contributed by atoms with Crippen LogP contribution in [0.15, 0.2) is 48.8 Å². The van der Waals surface area contributed by atoms with Gasteiger partial charge in [-0.2, -0.15) is 0 Å². The summed E-state index contributed by atoms with van der Waals surface area (Å²) in [6.45, 7) is 1.84. The summed E-state index contributed by atoms with van der Waals surface area (Å²) < 4.78 is 18.4. The van der Waals surface area contributed by atoms with Crippen LogP contribution in [0.1, 0.15) is 28.9 Å². The van der Waals surface area contributed by atoms with Crippen molar-refractivity contribution in [3.63, 3.8) is 0 Å². The van der Waals surface area contributed by atoms with Gasteiger partial charge in [-0.05, 0) is 36.8 Å². The van der Waals surface area contributed by atoms with Crippen LogP contribution in [-0.2, 0) is 4.74 Å². The van der Waals surface area contributed by atoms with E-state index in [0.29, 0.717) is 5.56 Å². The van der Waals surface area contributed by atoms with Gasteiger partial charge in [0.25, 0.3) is 5.91 Å². The third-order valence-corrected chi connectivity index (χ3v) is 3.21. The van der Waals surface area contributed by atoms with Crippen LogP contribution < -0.4 is 5.32 Å². The van der Waals surface area contributed by atoms with Gasteiger partial charge in [-0.15, -0.1) is 0 Å². The molecule has 2 rings (SSSR count). The number of carbonyl (C=O) groups excluding carboxylic acids is 1. The summed E-state index contributed by atoms with van der Waals surface area (Å²) in [5, 5.41) is 2.87. The lowest BCUT2D eigenvalue weighted by Crippen LogP contribution is -2.37. The molecule has 0 saturated heterocycles. The lowest BCUT2D eigenvalue weighted by molar-refractivity contribution is 0.0644. The van der Waals surface area contributed by atoms with Crippen molar-refractivity contribution in [2.75, 3.05) is 7.11 Å². The van der Waals surface area contributed by atoms with E-state index in [0.717, 1.165) is 5.56 Å². The lowest BCUT2D eigenvalue weighted by atomic mass is 10.0. The molecule has 110 valence electrons. The second kappa shape index (κ2) is 6.95. The molecule has 0 bridgehead atoms. The van der Waals surface area contributed by atoms with Gasteiger partial charge in [-0.3, -0.25) is 9.78 Å². The average Bonchev–Trinajstić information content (AvgIpc) is 2.50. The Hall–Kier alpha value is -2.27. The Labute approximate surface area is 123 Å². The zero-order chi connectivity index (χ0) is 15.2. The zero-order valence-electron chi connectivity index (χ0n) is 11.9. The van der Waals surface area contributed by atoms with Crippen molar-refractivity contribution < 1.29 is 13.9 Å². The summed E-state index contributed by atoms with van der Waals surface area (Å²) in [5.41, 5.74) is 1.34. The largest absolute Gasteiger partial charge is 0.375 e. The first-order chi connectivity index (χ1) is 10.1. The standard InChI is InChI=1S/C16H17FN2O2/c1-11(19-16(20)13-7-9-18-10-8-13)15(21-2)12-3-5-14(17)6-4-12/h3-11,15H,1-2H3,(H,19,20)/t11-,15+/m0/s1. The predicted octanol–water partition coefficient (Wildman–Crippen LogP) is 2.73. The quantitative estimate of drug-likeness (QED) is 0.920. The Morgan fingerprint density at radius 1 is 1.19 bits per heavy atom. The Balaban J connectivity index is 2.08. The number of amides is 1. The van der Waals surface area contributed by atoms with E-state index in [-0.39, 0.29) is 23.9 Å². The van der Waals surface area contributed by atoms with Crippen LogP contribution in [0.5, 0.6) is 0 Å². The van der Waals surface area contributed by atoms with Crippen LogP contribution in [0, 0.1) is 5.82 Å². The molecule has 0 aliphatic carbocycles. The number of pyridine rings is 1. The molecule has 1 heterocycles. The molecule has 2 atom stereocenters. The van der Waals surface area contributed by atoms with Crippen LogP contribution in [0.3, 0.4) is 0 Å². The number of hydrogen-bond acceptors (Lipinski definition) is 3. The first-order valence-electron chi connectivity index (χ1n) is 6.61. The fourth-order valence-corrected chi connectivity index (χ4v) is 2.15. The highest BCUT2D eigenvalue weighted by Gasteiger charge is 2.21. The molecule has 21 heavy (non-hydrogen) atoms. The minimum atomic E-state index is -0.351. The van der Waals surface area contributed by atoms with Crippen LogP contribution >= 0.6 is 0 Å². The highest BCUT2D eigenvalue weighted by molar-refractivity contribution is 5.94. The minimum absolute atomic E-state index is 0.200. The number of rotatable bonds is 5. The van der Waals surface area contributed by atoms with Crippen LogP contribution in [-0.4, -0.2) is 24.0 Å². The van der Waals surface area contributed by atoms with Gasteiger partial charge in [0.1, 0.15) is 11.9 Å². The Bertz CT molecular complexity index is 587. The maximum Gasteiger partial charge on any atom is 0.251 e. The minimum Gasteiger partial charge on any atom is -0.375 e. The van der Waals surface area contributed by atoms with Gasteiger partial charge in [0.15, 0.2) is 0 Å². The van der Waals surface area contributed by atoms with E-state index in [1.807, 2.05) is 6.92 Å². The SMILES string of the molecule is CO[C@@H](c1ccc(F)cc1)[C@H](C)NC(=O)c1ccncc1. The summed E-state index contributed by atoms with van der Waals surface area (Å²) in [4.78, 5) is 16.0. The third-order valence-electron chi connectivity index (χ3n) is 3.21. The number of hydrogen-bond donors (Lipinski definition) is 1. The molecule has 0 aliphatic rings. The molecular weight excluding hydrogens is 271 g/mol. The maximum atomic E-state index is 13.0. The number of ether oxygens (including phenoxy) is 1. The first-order valence-corrected chi connectivity index (χ1v) is 6.61. The van der Waals surface area contributed by atoms with E-state index < -0.39 is 0 Å². The average molecular weight is 288 g/mol. The van der Waals surface area contributed by atoms with Crippen molar-refractivity contribution in [1.29, 1.82) is 0 Å². The fraction of sp³-hybridized carbons (Fsp3) is 0.250. The van der Waals surface area contributed by atoms with Gasteiger partial charge in [-0.25, -0.2) is 4.39 Å². The smallest absolute Gasteiger partial charge is 0.251 e. The number of aromatic nitrogens is 1. The Morgan fingerprint density at radius 2 is 1.81 bits per heavy atom. The molecule has 1 N–H and O–H groups in total. The molecule has 5 heteroatoms. The van der Waals surface area contributed by atoms with E-state index in [4.69, 9.17) is 4.74 Å². The van der Waals surface area contributed by atoms with E-state index in [9.17, 15) is 9.18 Å². The molecular formula is C16H17FN2O2. The highest BCUT2D eigenvalue weighted by Crippen LogP contribution is 2.21. The maximum absolute atomic E-state index is 13.0. The van der Waals surface area contributed by atoms with Gasteiger partial charge in [0.05, 0.1) is 6.04 Å². The summed E-state index contributed by atoms with van der Waals surface area (Å²) in [6, 6.07) is 9.07. The molecule has 0 saturated carbocycles. The summed E-state index contributed by atoms with van der Waals surface area (Å²) in [6.07, 6.45) is 2.78. The molecule has 0 radical (unpaired) electrons. The van der Waals surface area contributed by atoms with Gasteiger partial charge in [0, 0.05) is 25.1 Å². The van der Waals surface area contributed by atoms with Gasteiger partial charge in [-0.1, -0.05) is 12.1 Å². The van der Waals surface area contributed by atoms with Crippen LogP contribution in [0.4, 0.5) is 4.39 Å². The van der Waals surface area contributed by atoms with Crippen molar-refractivity contribution >= 4 is 5.91 Å². The second-order valence-electron chi connectivity index (χ2n) is 4.71. The van der Waals surface area contributed by atoms with Crippen molar-refractivity contribution in [2.45, 2.75) is 19.1 Å². The van der Waals surface area contributed by atoms with Gasteiger partial charge >= 0.3 is 0 Å². The summed E-state index contributed by atoms with van der Waals surface area (Å²) in [5.74, 6) is -0.504. The predicted molar refractivity (Wildman–Crippen MR) is 77.3 cm³/mol. The third kappa shape index (κ3) is 3.86. The molecule has 0 fully saturated rings. The van der Waals surface area contributed by atoms with Crippen molar-refractivity contribution in [1.82, 2.24) is 10.3 Å². The topological polar surface area (TPSA) is 51.2 Å². The molecule has 0 spiro atoms. The van der Waals surface area contributed by atoms with Crippen LogP contribution in [0.2, 0.25) is 0 Å². The first kappa shape index (κ1) is 15.1.